The number of methoxy groups -OCH3 is 1. The third-order valence-corrected chi connectivity index (χ3v) is 6.65. The lowest BCUT2D eigenvalue weighted by molar-refractivity contribution is -0.137. The molecule has 168 valence electrons. The molecule has 1 unspecified atom stereocenters. The molecule has 4 heterocycles. The molecule has 2 N–H and O–H groups in total. The van der Waals surface area contributed by atoms with Crippen LogP contribution in [0.25, 0.3) is 0 Å². The zero-order chi connectivity index (χ0) is 22.3. The van der Waals surface area contributed by atoms with Crippen molar-refractivity contribution in [2.45, 2.75) is 50.9 Å². The second-order valence-electron chi connectivity index (χ2n) is 8.06. The lowest BCUT2D eigenvalue weighted by atomic mass is 9.92. The highest BCUT2D eigenvalue weighted by Crippen LogP contribution is 2.26. The third kappa shape index (κ3) is 5.82. The summed E-state index contributed by atoms with van der Waals surface area (Å²) in [7, 11) is 1.56. The van der Waals surface area contributed by atoms with Crippen LogP contribution in [-0.2, 0) is 30.5 Å². The standard InChI is InChI=1S/C24H28N4O3S/c1-31-21-10-8-17(14-26-21)18(13-23(29)30)12-20-15-32-22(27-20)6-2-5-19-9-7-16-4-3-11-25-24(16)28-19/h7-10,14-15,18H,2-6,11-13H2,1H3,(H,25,28)(H,29,30). The molecule has 0 saturated heterocycles. The third-order valence-electron chi connectivity index (χ3n) is 5.69. The second-order valence-corrected chi connectivity index (χ2v) is 9.00. The largest absolute Gasteiger partial charge is 0.481 e. The topological polar surface area (TPSA) is 97.2 Å². The molecule has 1 aliphatic heterocycles. The van der Waals surface area contributed by atoms with E-state index in [2.05, 4.69) is 22.4 Å². The van der Waals surface area contributed by atoms with E-state index in [0.717, 1.165) is 60.0 Å². The summed E-state index contributed by atoms with van der Waals surface area (Å²) in [6.07, 6.45) is 7.39. The van der Waals surface area contributed by atoms with Crippen molar-refractivity contribution < 1.29 is 14.6 Å². The number of anilines is 1. The summed E-state index contributed by atoms with van der Waals surface area (Å²) < 4.78 is 5.10. The van der Waals surface area contributed by atoms with Gasteiger partial charge in [-0.05, 0) is 55.7 Å². The molecule has 0 fully saturated rings. The normalized spacial score (nSPS) is 13.8. The maximum absolute atomic E-state index is 11.4. The fraction of sp³-hybridized carbons (Fsp3) is 0.417. The van der Waals surface area contributed by atoms with Crippen LogP contribution in [0.3, 0.4) is 0 Å². The molecule has 0 radical (unpaired) electrons. The van der Waals surface area contributed by atoms with Crippen LogP contribution >= 0.6 is 11.3 Å². The number of carboxylic acids is 1. The fourth-order valence-corrected chi connectivity index (χ4v) is 4.86. The number of nitrogens with one attached hydrogen (secondary N) is 1. The van der Waals surface area contributed by atoms with Gasteiger partial charge in [0.15, 0.2) is 0 Å². The summed E-state index contributed by atoms with van der Waals surface area (Å²) in [5.41, 5.74) is 4.24. The smallest absolute Gasteiger partial charge is 0.303 e. The molecule has 0 aromatic carbocycles. The van der Waals surface area contributed by atoms with Crippen molar-refractivity contribution in [1.82, 2.24) is 15.0 Å². The number of hydrogen-bond acceptors (Lipinski definition) is 7. The van der Waals surface area contributed by atoms with E-state index in [-0.39, 0.29) is 12.3 Å². The number of rotatable bonds is 10. The lowest BCUT2D eigenvalue weighted by Crippen LogP contribution is -2.14. The van der Waals surface area contributed by atoms with E-state index < -0.39 is 5.97 Å². The zero-order valence-corrected chi connectivity index (χ0v) is 19.0. The number of hydrogen-bond donors (Lipinski definition) is 2. The number of pyridine rings is 2. The molecule has 1 atom stereocenters. The molecule has 4 rings (SSSR count). The maximum atomic E-state index is 11.4. The Balaban J connectivity index is 1.34. The van der Waals surface area contributed by atoms with Gasteiger partial charge >= 0.3 is 5.97 Å². The van der Waals surface area contributed by atoms with E-state index in [1.165, 1.54) is 12.0 Å². The molecule has 32 heavy (non-hydrogen) atoms. The Morgan fingerprint density at radius 1 is 1.22 bits per heavy atom. The molecule has 3 aromatic rings. The van der Waals surface area contributed by atoms with E-state index in [1.54, 1.807) is 30.7 Å². The number of aromatic nitrogens is 3. The van der Waals surface area contributed by atoms with Crippen LogP contribution in [-0.4, -0.2) is 39.7 Å². The van der Waals surface area contributed by atoms with Crippen LogP contribution in [0, 0.1) is 0 Å². The Bertz CT molecular complexity index is 1050. The Labute approximate surface area is 191 Å². The molecule has 0 aliphatic carbocycles. The first kappa shape index (κ1) is 22.2. The van der Waals surface area contributed by atoms with Gasteiger partial charge in [0, 0.05) is 35.8 Å². The Morgan fingerprint density at radius 2 is 2.12 bits per heavy atom. The molecule has 7 nitrogen and oxygen atoms in total. The highest BCUT2D eigenvalue weighted by atomic mass is 32.1. The van der Waals surface area contributed by atoms with Gasteiger partial charge in [-0.25, -0.2) is 15.0 Å². The van der Waals surface area contributed by atoms with Gasteiger partial charge in [0.05, 0.1) is 24.2 Å². The van der Waals surface area contributed by atoms with Crippen LogP contribution in [0.5, 0.6) is 5.88 Å². The van der Waals surface area contributed by atoms with E-state index in [1.807, 2.05) is 11.4 Å². The van der Waals surface area contributed by atoms with E-state index in [9.17, 15) is 9.90 Å². The predicted molar refractivity (Wildman–Crippen MR) is 125 cm³/mol. The Morgan fingerprint density at radius 3 is 2.91 bits per heavy atom. The van der Waals surface area contributed by atoms with Crippen LogP contribution < -0.4 is 10.1 Å². The highest BCUT2D eigenvalue weighted by Gasteiger charge is 2.19. The first-order valence-corrected chi connectivity index (χ1v) is 11.9. The molecular weight excluding hydrogens is 424 g/mol. The van der Waals surface area contributed by atoms with E-state index in [0.29, 0.717) is 12.3 Å². The quantitative estimate of drug-likeness (QED) is 0.474. The van der Waals surface area contributed by atoms with E-state index >= 15 is 0 Å². The van der Waals surface area contributed by atoms with Gasteiger partial charge in [-0.15, -0.1) is 11.3 Å². The summed E-state index contributed by atoms with van der Waals surface area (Å²) in [6, 6.07) is 7.98. The summed E-state index contributed by atoms with van der Waals surface area (Å²) in [4.78, 5) is 25.1. The number of aliphatic carboxylic acids is 1. The fourth-order valence-electron chi connectivity index (χ4n) is 4.01. The monoisotopic (exact) mass is 452 g/mol. The van der Waals surface area contributed by atoms with Crippen molar-refractivity contribution in [2.24, 2.45) is 0 Å². The minimum absolute atomic E-state index is 0.0406. The maximum Gasteiger partial charge on any atom is 0.303 e. The summed E-state index contributed by atoms with van der Waals surface area (Å²) in [5.74, 6) is 0.562. The molecule has 0 amide bonds. The number of carboxylic acid groups (broad SMARTS) is 1. The number of fused-ring (bicyclic) bond motifs is 1. The molecule has 0 spiro atoms. The number of carbonyl (C=O) groups is 1. The first-order chi connectivity index (χ1) is 15.6. The first-order valence-electron chi connectivity index (χ1n) is 11.0. The average molecular weight is 453 g/mol. The van der Waals surface area contributed by atoms with Crippen molar-refractivity contribution in [3.8, 4) is 5.88 Å². The van der Waals surface area contributed by atoms with Crippen molar-refractivity contribution in [2.75, 3.05) is 19.0 Å². The highest BCUT2D eigenvalue weighted by molar-refractivity contribution is 7.09. The van der Waals surface area contributed by atoms with Crippen LogP contribution in [0.2, 0.25) is 0 Å². The zero-order valence-electron chi connectivity index (χ0n) is 18.2. The van der Waals surface area contributed by atoms with Crippen molar-refractivity contribution in [3.05, 3.63) is 63.4 Å². The molecule has 3 aromatic heterocycles. The van der Waals surface area contributed by atoms with Gasteiger partial charge in [-0.2, -0.15) is 0 Å². The summed E-state index contributed by atoms with van der Waals surface area (Å²) >= 11 is 1.64. The molecule has 0 saturated carbocycles. The van der Waals surface area contributed by atoms with Crippen molar-refractivity contribution in [3.63, 3.8) is 0 Å². The summed E-state index contributed by atoms with van der Waals surface area (Å²) in [5, 5.41) is 15.9. The van der Waals surface area contributed by atoms with Gasteiger partial charge in [-0.1, -0.05) is 12.1 Å². The molecular formula is C24H28N4O3S. The summed E-state index contributed by atoms with van der Waals surface area (Å²) in [6.45, 7) is 1.00. The molecule has 1 aliphatic rings. The van der Waals surface area contributed by atoms with Gasteiger partial charge in [0.1, 0.15) is 5.82 Å². The minimum atomic E-state index is -0.826. The van der Waals surface area contributed by atoms with Crippen molar-refractivity contribution >= 4 is 23.1 Å². The SMILES string of the molecule is COc1ccc(C(CC(=O)O)Cc2csc(CCCc3ccc4c(n3)NCCC4)n2)cn1. The van der Waals surface area contributed by atoms with Gasteiger partial charge in [-0.3, -0.25) is 4.79 Å². The van der Waals surface area contributed by atoms with Crippen molar-refractivity contribution in [1.29, 1.82) is 0 Å². The molecule has 0 bridgehead atoms. The number of nitrogens with zero attached hydrogens (tertiary/aromatic N) is 3. The second kappa shape index (κ2) is 10.5. The van der Waals surface area contributed by atoms with E-state index in [4.69, 9.17) is 14.7 Å². The average Bonchev–Trinajstić information content (AvgIpc) is 3.25. The van der Waals surface area contributed by atoms with Crippen LogP contribution in [0.1, 0.15) is 52.7 Å². The van der Waals surface area contributed by atoms with Gasteiger partial charge in [0.25, 0.3) is 0 Å². The Hall–Kier alpha value is -3.00. The van der Waals surface area contributed by atoms with Gasteiger partial charge < -0.3 is 15.2 Å². The Kier molecular flexibility index (Phi) is 7.32. The van der Waals surface area contributed by atoms with Crippen LogP contribution in [0.15, 0.2) is 35.8 Å². The molecule has 8 heteroatoms. The van der Waals surface area contributed by atoms with Crippen LogP contribution in [0.4, 0.5) is 5.82 Å². The lowest BCUT2D eigenvalue weighted by Gasteiger charge is -2.17. The number of ether oxygens (including phenoxy) is 1. The van der Waals surface area contributed by atoms with Gasteiger partial charge in [0.2, 0.25) is 5.88 Å². The predicted octanol–water partition coefficient (Wildman–Crippen LogP) is 4.28. The number of thiazole rings is 1. The minimum Gasteiger partial charge on any atom is -0.481 e. The number of aryl methyl sites for hydroxylation is 3.